The Kier molecular flexibility index (Phi) is 8.18. The molecule has 1 amide bonds. The molecule has 11 heteroatoms. The number of amides is 1. The number of hydrogen-bond acceptors (Lipinski definition) is 8. The molecule has 3 aromatic heterocycles. The highest BCUT2D eigenvalue weighted by molar-refractivity contribution is 7.14. The Hall–Kier alpha value is -4.06. The molecular formula is C36H41FN6O3S. The van der Waals surface area contributed by atoms with Crippen molar-refractivity contribution >= 4 is 40.1 Å². The molecule has 47 heavy (non-hydrogen) atoms. The molecule has 9 nitrogen and oxygen atoms in total. The first-order chi connectivity index (χ1) is 22.5. The van der Waals surface area contributed by atoms with Gasteiger partial charge in [0.2, 0.25) is 0 Å². The van der Waals surface area contributed by atoms with Crippen molar-refractivity contribution in [3.8, 4) is 11.1 Å². The number of thiophene rings is 1. The van der Waals surface area contributed by atoms with Crippen LogP contribution in [0.3, 0.4) is 0 Å². The van der Waals surface area contributed by atoms with E-state index in [2.05, 4.69) is 40.9 Å². The molecule has 1 fully saturated rings. The summed E-state index contributed by atoms with van der Waals surface area (Å²) in [6.45, 7) is 11.6. The third kappa shape index (κ3) is 5.85. The van der Waals surface area contributed by atoms with E-state index in [0.717, 1.165) is 61.7 Å². The number of aromatic nitrogens is 2. The maximum absolute atomic E-state index is 15.4. The molecule has 0 bridgehead atoms. The number of rotatable bonds is 7. The Labute approximate surface area is 278 Å². The molecule has 0 radical (unpaired) electrons. The average Bonchev–Trinajstić information content (AvgIpc) is 3.55. The van der Waals surface area contributed by atoms with Crippen LogP contribution in [-0.2, 0) is 32.9 Å². The summed E-state index contributed by atoms with van der Waals surface area (Å²) in [6.07, 6.45) is 6.05. The minimum absolute atomic E-state index is 0.153. The molecule has 1 aromatic carbocycles. The first-order valence-corrected chi connectivity index (χ1v) is 17.2. The smallest absolute Gasteiger partial charge is 0.274 e. The first-order valence-electron chi connectivity index (χ1n) is 16.3. The number of hydrogen-bond donors (Lipinski definition) is 2. The Morgan fingerprint density at radius 3 is 2.53 bits per heavy atom. The molecule has 3 aliphatic rings. The van der Waals surface area contributed by atoms with Crippen LogP contribution in [0.15, 0.2) is 47.5 Å². The largest absolute Gasteiger partial charge is 0.392 e. The summed E-state index contributed by atoms with van der Waals surface area (Å²) in [6, 6.07) is 8.19. The highest BCUT2D eigenvalue weighted by atomic mass is 32.1. The number of piperazine rings is 1. The number of likely N-dealkylation sites (N-methyl/N-ethyl adjacent to an activating group) is 1. The molecule has 2 N–H and O–H groups in total. The molecule has 0 atom stereocenters. The highest BCUT2D eigenvalue weighted by Crippen LogP contribution is 2.46. The van der Waals surface area contributed by atoms with Gasteiger partial charge in [0.1, 0.15) is 17.3 Å². The van der Waals surface area contributed by atoms with Crippen LogP contribution in [0.1, 0.15) is 52.0 Å². The summed E-state index contributed by atoms with van der Waals surface area (Å²) < 4.78 is 16.8. The second-order valence-electron chi connectivity index (χ2n) is 13.7. The number of halogens is 1. The molecule has 2 aliphatic heterocycles. The van der Waals surface area contributed by atoms with Crippen LogP contribution in [0.5, 0.6) is 0 Å². The minimum Gasteiger partial charge on any atom is -0.392 e. The normalized spacial score (nSPS) is 17.6. The van der Waals surface area contributed by atoms with Gasteiger partial charge in [-0.1, -0.05) is 20.8 Å². The van der Waals surface area contributed by atoms with Crippen LogP contribution < -0.4 is 20.7 Å². The summed E-state index contributed by atoms with van der Waals surface area (Å²) >= 11 is 1.56. The van der Waals surface area contributed by atoms with Gasteiger partial charge < -0.3 is 29.7 Å². The number of nitrogens with zero attached hydrogens (tertiary/aromatic N) is 5. The minimum atomic E-state index is -0.526. The van der Waals surface area contributed by atoms with E-state index in [4.69, 9.17) is 0 Å². The number of pyridine rings is 2. The van der Waals surface area contributed by atoms with Gasteiger partial charge in [0.25, 0.3) is 11.5 Å². The number of benzene rings is 1. The lowest BCUT2D eigenvalue weighted by Crippen LogP contribution is -2.46. The van der Waals surface area contributed by atoms with Crippen molar-refractivity contribution in [1.82, 2.24) is 14.5 Å². The number of aryl methyl sites for hydroxylation is 1. The van der Waals surface area contributed by atoms with E-state index in [0.29, 0.717) is 41.2 Å². The molecular weight excluding hydrogens is 616 g/mol. The number of fused-ring (bicyclic) bond motifs is 3. The molecule has 246 valence electrons. The maximum atomic E-state index is 15.4. The maximum Gasteiger partial charge on any atom is 0.274 e. The summed E-state index contributed by atoms with van der Waals surface area (Å²) in [7, 11) is 1.63. The van der Waals surface area contributed by atoms with Gasteiger partial charge in [-0.25, -0.2) is 9.37 Å². The predicted octanol–water partition coefficient (Wildman–Crippen LogP) is 5.35. The Morgan fingerprint density at radius 2 is 1.83 bits per heavy atom. The zero-order valence-corrected chi connectivity index (χ0v) is 28.2. The van der Waals surface area contributed by atoms with Gasteiger partial charge in [0, 0.05) is 62.0 Å². The van der Waals surface area contributed by atoms with E-state index >= 15 is 4.39 Å². The van der Waals surface area contributed by atoms with Crippen LogP contribution in [0.2, 0.25) is 0 Å². The first kappa shape index (κ1) is 31.5. The van der Waals surface area contributed by atoms with Crippen LogP contribution in [-0.4, -0.2) is 64.7 Å². The Bertz CT molecular complexity index is 1910. The quantitative estimate of drug-likeness (QED) is 0.277. The van der Waals surface area contributed by atoms with Gasteiger partial charge >= 0.3 is 0 Å². The third-order valence-corrected chi connectivity index (χ3v) is 11.1. The second-order valence-corrected chi connectivity index (χ2v) is 14.8. The van der Waals surface area contributed by atoms with Crippen molar-refractivity contribution in [2.75, 3.05) is 54.4 Å². The van der Waals surface area contributed by atoms with Crippen LogP contribution in [0.4, 0.5) is 27.3 Å². The molecule has 0 saturated carbocycles. The van der Waals surface area contributed by atoms with E-state index in [-0.39, 0.29) is 22.6 Å². The molecule has 0 unspecified atom stereocenters. The van der Waals surface area contributed by atoms with E-state index in [9.17, 15) is 14.7 Å². The number of aliphatic hydroxyl groups excluding tert-OH is 1. The Balaban J connectivity index is 1.18. The number of nitrogens with one attached hydrogen (secondary N) is 1. The highest BCUT2D eigenvalue weighted by Gasteiger charge is 2.38. The molecule has 1 aliphatic carbocycles. The van der Waals surface area contributed by atoms with Crippen LogP contribution in [0, 0.1) is 11.2 Å². The van der Waals surface area contributed by atoms with Gasteiger partial charge in [-0.3, -0.25) is 9.59 Å². The summed E-state index contributed by atoms with van der Waals surface area (Å²) in [5.74, 6) is -0.167. The Morgan fingerprint density at radius 1 is 1.04 bits per heavy atom. The fourth-order valence-electron chi connectivity index (χ4n) is 7.33. The zero-order valence-electron chi connectivity index (χ0n) is 27.4. The lowest BCUT2D eigenvalue weighted by molar-refractivity contribution is 0.0984. The second kappa shape index (κ2) is 12.2. The molecule has 0 spiro atoms. The monoisotopic (exact) mass is 656 g/mol. The van der Waals surface area contributed by atoms with Gasteiger partial charge in [0.15, 0.2) is 0 Å². The van der Waals surface area contributed by atoms with Crippen molar-refractivity contribution in [3.63, 3.8) is 0 Å². The van der Waals surface area contributed by atoms with Crippen LogP contribution >= 0.6 is 11.3 Å². The number of carbonyl (C=O) groups excluding carboxylic acids is 1. The van der Waals surface area contributed by atoms with E-state index in [1.165, 1.54) is 27.1 Å². The SMILES string of the molecule is CCN1CCN(c2ccc(Nc3cc(-c4cc(F)cc(N5CCc6c(sc7c6CC(C)(C)C7)C5=O)c4CO)cn(C)c3=O)nc2)CC1. The van der Waals surface area contributed by atoms with Crippen molar-refractivity contribution < 1.29 is 14.3 Å². The summed E-state index contributed by atoms with van der Waals surface area (Å²) in [4.78, 5) is 40.0. The van der Waals surface area contributed by atoms with Crippen molar-refractivity contribution in [2.45, 2.75) is 46.6 Å². The van der Waals surface area contributed by atoms with Gasteiger partial charge in [-0.15, -0.1) is 11.3 Å². The lowest BCUT2D eigenvalue weighted by Gasteiger charge is -2.35. The summed E-state index contributed by atoms with van der Waals surface area (Å²) in [5.41, 5.74) is 5.42. The van der Waals surface area contributed by atoms with E-state index in [1.54, 1.807) is 35.5 Å². The number of aliphatic hydroxyl groups is 1. The lowest BCUT2D eigenvalue weighted by atomic mass is 9.89. The van der Waals surface area contributed by atoms with Gasteiger partial charge in [0.05, 0.1) is 29.1 Å². The van der Waals surface area contributed by atoms with Crippen LogP contribution in [0.25, 0.3) is 11.1 Å². The van der Waals surface area contributed by atoms with E-state index in [1.807, 2.05) is 18.3 Å². The number of carbonyl (C=O) groups is 1. The molecule has 7 rings (SSSR count). The van der Waals surface area contributed by atoms with Crippen molar-refractivity contribution in [2.24, 2.45) is 12.5 Å². The average molecular weight is 657 g/mol. The molecule has 1 saturated heterocycles. The standard InChI is InChI=1S/C36H41FN6O3S/c1-5-41-10-12-42(13-11-41)24-6-7-32(38-19-24)39-29-14-22(20-40(4)34(29)45)26-15-23(37)16-30(28(26)21-44)43-9-8-25-27-17-36(2,3)18-31(27)47-33(25)35(43)46/h6-7,14-16,19-20,44H,5,8-13,17-18,21H2,1-4H3,(H,38,39). The molecule has 5 heterocycles. The fraction of sp³-hybridized carbons (Fsp3) is 0.417. The van der Waals surface area contributed by atoms with Gasteiger partial charge in [-0.05, 0) is 78.2 Å². The van der Waals surface area contributed by atoms with Gasteiger partial charge in [-0.2, -0.15) is 0 Å². The zero-order chi connectivity index (χ0) is 33.0. The third-order valence-electron chi connectivity index (χ3n) is 9.85. The fourth-order valence-corrected chi connectivity index (χ4v) is 8.91. The summed E-state index contributed by atoms with van der Waals surface area (Å²) in [5, 5.41) is 13.8. The van der Waals surface area contributed by atoms with Crippen molar-refractivity contribution in [1.29, 1.82) is 0 Å². The molecule has 4 aromatic rings. The van der Waals surface area contributed by atoms with Crippen molar-refractivity contribution in [3.05, 3.63) is 85.3 Å². The van der Waals surface area contributed by atoms with E-state index < -0.39 is 12.4 Å². The number of anilines is 4. The topological polar surface area (TPSA) is 93.9 Å². The predicted molar refractivity (Wildman–Crippen MR) is 186 cm³/mol.